The first-order valence-corrected chi connectivity index (χ1v) is 3.42. The van der Waals surface area contributed by atoms with E-state index in [4.69, 9.17) is 10.2 Å². The fourth-order valence-electron chi connectivity index (χ4n) is 0.736. The Morgan fingerprint density at radius 3 is 3.10 bits per heavy atom. The van der Waals surface area contributed by atoms with Gasteiger partial charge in [0.05, 0.1) is 6.20 Å². The molecule has 3 nitrogen and oxygen atoms in total. The van der Waals surface area contributed by atoms with E-state index in [2.05, 4.69) is 4.98 Å². The lowest BCUT2D eigenvalue weighted by atomic mass is 10.2. The first-order chi connectivity index (χ1) is 4.79. The van der Waals surface area contributed by atoms with Crippen molar-refractivity contribution in [2.45, 2.75) is 25.8 Å². The van der Waals surface area contributed by atoms with Gasteiger partial charge < -0.3 is 10.2 Å². The highest BCUT2D eigenvalue weighted by Crippen LogP contribution is 2.01. The monoisotopic (exact) mass is 140 g/mol. The van der Waals surface area contributed by atoms with Crippen LogP contribution in [0, 0.1) is 0 Å². The van der Waals surface area contributed by atoms with E-state index in [0.29, 0.717) is 0 Å². The molecule has 1 atom stereocenters. The van der Waals surface area contributed by atoms with Crippen LogP contribution in [0.15, 0.2) is 17.0 Å². The lowest BCUT2D eigenvalue weighted by Crippen LogP contribution is -2.15. The highest BCUT2D eigenvalue weighted by molar-refractivity contribution is 4.88. The maximum atomic E-state index is 5.55. The van der Waals surface area contributed by atoms with Gasteiger partial charge in [-0.15, -0.1) is 0 Å². The number of hydrogen-bond acceptors (Lipinski definition) is 3. The van der Waals surface area contributed by atoms with Gasteiger partial charge in [-0.1, -0.05) is 0 Å². The molecular formula is C7H12N2O. The maximum absolute atomic E-state index is 5.55. The predicted molar refractivity (Wildman–Crippen MR) is 38.5 cm³/mol. The molecule has 0 radical (unpaired) electrons. The van der Waals surface area contributed by atoms with E-state index in [0.717, 1.165) is 18.6 Å². The molecule has 1 rings (SSSR count). The van der Waals surface area contributed by atoms with E-state index in [1.54, 1.807) is 6.20 Å². The van der Waals surface area contributed by atoms with Crippen molar-refractivity contribution in [1.29, 1.82) is 0 Å². The zero-order valence-corrected chi connectivity index (χ0v) is 6.08. The fraction of sp³-hybridized carbons (Fsp3) is 0.571. The van der Waals surface area contributed by atoms with Crippen LogP contribution in [-0.2, 0) is 6.42 Å². The van der Waals surface area contributed by atoms with E-state index < -0.39 is 0 Å². The smallest absolute Gasteiger partial charge is 0.180 e. The molecule has 56 valence electrons. The molecule has 0 aromatic carbocycles. The molecule has 0 spiro atoms. The Bertz CT molecular complexity index is 170. The molecule has 1 aromatic heterocycles. The van der Waals surface area contributed by atoms with Gasteiger partial charge in [-0.25, -0.2) is 4.98 Å². The zero-order chi connectivity index (χ0) is 7.40. The van der Waals surface area contributed by atoms with Gasteiger partial charge in [-0.3, -0.25) is 0 Å². The molecule has 1 aromatic rings. The maximum Gasteiger partial charge on any atom is 0.180 e. The van der Waals surface area contributed by atoms with Crippen molar-refractivity contribution in [3.8, 4) is 0 Å². The second kappa shape index (κ2) is 3.37. The topological polar surface area (TPSA) is 52.0 Å². The van der Waals surface area contributed by atoms with Crippen LogP contribution in [0.3, 0.4) is 0 Å². The van der Waals surface area contributed by atoms with Crippen molar-refractivity contribution in [1.82, 2.24) is 4.98 Å². The SMILES string of the molecule is C[C@H](N)CCc1cnco1. The van der Waals surface area contributed by atoms with Gasteiger partial charge in [0, 0.05) is 12.5 Å². The van der Waals surface area contributed by atoms with E-state index in [1.807, 2.05) is 6.92 Å². The molecule has 0 aliphatic rings. The van der Waals surface area contributed by atoms with Crippen molar-refractivity contribution in [3.63, 3.8) is 0 Å². The summed E-state index contributed by atoms with van der Waals surface area (Å²) in [6, 6.07) is 0.241. The second-order valence-corrected chi connectivity index (χ2v) is 2.48. The Morgan fingerprint density at radius 2 is 2.60 bits per heavy atom. The van der Waals surface area contributed by atoms with Crippen LogP contribution in [0.25, 0.3) is 0 Å². The second-order valence-electron chi connectivity index (χ2n) is 2.48. The van der Waals surface area contributed by atoms with Gasteiger partial charge in [0.1, 0.15) is 5.76 Å². The summed E-state index contributed by atoms with van der Waals surface area (Å²) in [5.74, 6) is 0.914. The third-order valence-electron chi connectivity index (χ3n) is 1.33. The standard InChI is InChI=1S/C7H12N2O/c1-6(8)2-3-7-4-9-5-10-7/h4-6H,2-3,8H2,1H3/t6-/m0/s1. The molecule has 0 amide bonds. The van der Waals surface area contributed by atoms with Crippen molar-refractivity contribution < 1.29 is 4.42 Å². The first kappa shape index (κ1) is 7.28. The molecule has 2 N–H and O–H groups in total. The van der Waals surface area contributed by atoms with Crippen LogP contribution < -0.4 is 5.73 Å². The third-order valence-corrected chi connectivity index (χ3v) is 1.33. The van der Waals surface area contributed by atoms with Crippen LogP contribution in [0.5, 0.6) is 0 Å². The minimum Gasteiger partial charge on any atom is -0.449 e. The zero-order valence-electron chi connectivity index (χ0n) is 6.08. The van der Waals surface area contributed by atoms with E-state index in [9.17, 15) is 0 Å². The molecule has 0 aliphatic carbocycles. The first-order valence-electron chi connectivity index (χ1n) is 3.42. The Kier molecular flexibility index (Phi) is 2.45. The molecule has 1 heterocycles. The Balaban J connectivity index is 2.28. The molecule has 0 aliphatic heterocycles. The van der Waals surface area contributed by atoms with Crippen LogP contribution >= 0.6 is 0 Å². The van der Waals surface area contributed by atoms with Crippen LogP contribution in [0.1, 0.15) is 19.1 Å². The van der Waals surface area contributed by atoms with Crippen molar-refractivity contribution in [2.24, 2.45) is 5.73 Å². The number of aryl methyl sites for hydroxylation is 1. The molecule has 0 unspecified atom stereocenters. The molecule has 10 heavy (non-hydrogen) atoms. The highest BCUT2D eigenvalue weighted by atomic mass is 16.3. The number of rotatable bonds is 3. The third kappa shape index (κ3) is 2.19. The Labute approximate surface area is 60.2 Å². The van der Waals surface area contributed by atoms with E-state index in [1.165, 1.54) is 6.39 Å². The van der Waals surface area contributed by atoms with Gasteiger partial charge >= 0.3 is 0 Å². The number of oxazole rings is 1. The average Bonchev–Trinajstić information content (AvgIpc) is 2.34. The predicted octanol–water partition coefficient (Wildman–Crippen LogP) is 0.954. The lowest BCUT2D eigenvalue weighted by molar-refractivity contribution is 0.486. The van der Waals surface area contributed by atoms with Crippen molar-refractivity contribution in [3.05, 3.63) is 18.4 Å². The van der Waals surface area contributed by atoms with Gasteiger partial charge in [0.15, 0.2) is 6.39 Å². The van der Waals surface area contributed by atoms with Gasteiger partial charge in [-0.05, 0) is 13.3 Å². The largest absolute Gasteiger partial charge is 0.449 e. The lowest BCUT2D eigenvalue weighted by Gasteiger charge is -1.99. The Morgan fingerprint density at radius 1 is 1.80 bits per heavy atom. The number of hydrogen-bond donors (Lipinski definition) is 1. The van der Waals surface area contributed by atoms with E-state index in [-0.39, 0.29) is 6.04 Å². The van der Waals surface area contributed by atoms with Crippen LogP contribution in [0.4, 0.5) is 0 Å². The molecule has 0 fully saturated rings. The summed E-state index contributed by atoms with van der Waals surface area (Å²) in [7, 11) is 0. The summed E-state index contributed by atoms with van der Waals surface area (Å²) in [4.78, 5) is 3.79. The van der Waals surface area contributed by atoms with Crippen LogP contribution in [-0.4, -0.2) is 11.0 Å². The Hall–Kier alpha value is -0.830. The van der Waals surface area contributed by atoms with Crippen molar-refractivity contribution >= 4 is 0 Å². The number of aromatic nitrogens is 1. The summed E-state index contributed by atoms with van der Waals surface area (Å²) in [6.07, 6.45) is 5.01. The molecule has 0 bridgehead atoms. The fourth-order valence-corrected chi connectivity index (χ4v) is 0.736. The molecule has 3 heteroatoms. The minimum absolute atomic E-state index is 0.241. The average molecular weight is 140 g/mol. The summed E-state index contributed by atoms with van der Waals surface area (Å²) < 4.78 is 5.02. The highest BCUT2D eigenvalue weighted by Gasteiger charge is 1.98. The van der Waals surface area contributed by atoms with Crippen LogP contribution in [0.2, 0.25) is 0 Å². The molecular weight excluding hydrogens is 128 g/mol. The normalized spacial score (nSPS) is 13.4. The van der Waals surface area contributed by atoms with Crippen molar-refractivity contribution in [2.75, 3.05) is 0 Å². The molecule has 0 saturated heterocycles. The van der Waals surface area contributed by atoms with Gasteiger partial charge in [0.25, 0.3) is 0 Å². The number of nitrogens with zero attached hydrogens (tertiary/aromatic N) is 1. The van der Waals surface area contributed by atoms with E-state index >= 15 is 0 Å². The van der Waals surface area contributed by atoms with Gasteiger partial charge in [-0.2, -0.15) is 0 Å². The number of nitrogens with two attached hydrogens (primary N) is 1. The summed E-state index contributed by atoms with van der Waals surface area (Å²) in [6.45, 7) is 1.98. The summed E-state index contributed by atoms with van der Waals surface area (Å²) in [5.41, 5.74) is 5.55. The summed E-state index contributed by atoms with van der Waals surface area (Å²) >= 11 is 0. The minimum atomic E-state index is 0.241. The quantitative estimate of drug-likeness (QED) is 0.680. The van der Waals surface area contributed by atoms with Gasteiger partial charge in [0.2, 0.25) is 0 Å². The molecule has 0 saturated carbocycles. The summed E-state index contributed by atoms with van der Waals surface area (Å²) in [5, 5.41) is 0.